The summed E-state index contributed by atoms with van der Waals surface area (Å²) in [7, 11) is 3.47. The largest absolute Gasteiger partial charge is 0.507 e. The summed E-state index contributed by atoms with van der Waals surface area (Å²) in [6, 6.07) is 19.2. The van der Waals surface area contributed by atoms with Crippen LogP contribution in [0.3, 0.4) is 0 Å². The fourth-order valence-electron chi connectivity index (χ4n) is 2.79. The number of carbonyl (C=O) groups is 1. The van der Waals surface area contributed by atoms with Gasteiger partial charge in [0.05, 0.1) is 0 Å². The molecule has 0 fully saturated rings. The first kappa shape index (κ1) is 15.1. The molecule has 116 valence electrons. The predicted molar refractivity (Wildman–Crippen MR) is 92.9 cm³/mol. The molecular weight excluding hydrogens is 286 g/mol. The quantitative estimate of drug-likeness (QED) is 0.798. The minimum absolute atomic E-state index is 0.0597. The highest BCUT2D eigenvalue weighted by molar-refractivity contribution is 6.09. The van der Waals surface area contributed by atoms with Crippen molar-refractivity contribution in [1.29, 1.82) is 0 Å². The summed E-state index contributed by atoms with van der Waals surface area (Å²) in [4.78, 5) is 14.1. The van der Waals surface area contributed by atoms with E-state index in [1.807, 2.05) is 60.7 Å². The monoisotopic (exact) mass is 305 g/mol. The third-order valence-corrected chi connectivity index (χ3v) is 3.97. The van der Waals surface area contributed by atoms with E-state index in [1.54, 1.807) is 19.0 Å². The van der Waals surface area contributed by atoms with Gasteiger partial charge in [0.15, 0.2) is 0 Å². The number of hydrogen-bond donors (Lipinski definition) is 1. The van der Waals surface area contributed by atoms with Crippen LogP contribution >= 0.6 is 0 Å². The molecule has 3 nitrogen and oxygen atoms in total. The van der Waals surface area contributed by atoms with Crippen molar-refractivity contribution in [2.75, 3.05) is 14.1 Å². The van der Waals surface area contributed by atoms with Crippen LogP contribution < -0.4 is 0 Å². The van der Waals surface area contributed by atoms with Crippen LogP contribution in [0.1, 0.15) is 21.5 Å². The molecule has 0 radical (unpaired) electrons. The molecule has 3 aromatic rings. The zero-order valence-electron chi connectivity index (χ0n) is 13.3. The van der Waals surface area contributed by atoms with Crippen LogP contribution in [-0.4, -0.2) is 30.0 Å². The lowest BCUT2D eigenvalue weighted by Crippen LogP contribution is -2.22. The number of fused-ring (bicyclic) bond motifs is 1. The number of carbonyl (C=O) groups excluding carboxylic acids is 1. The lowest BCUT2D eigenvalue weighted by Gasteiger charge is -2.16. The van der Waals surface area contributed by atoms with E-state index in [0.29, 0.717) is 17.4 Å². The van der Waals surface area contributed by atoms with E-state index >= 15 is 0 Å². The number of hydrogen-bond acceptors (Lipinski definition) is 2. The Hall–Kier alpha value is -2.81. The Morgan fingerprint density at radius 3 is 2.22 bits per heavy atom. The highest BCUT2D eigenvalue weighted by Gasteiger charge is 2.17. The Morgan fingerprint density at radius 1 is 0.957 bits per heavy atom. The molecule has 3 rings (SSSR count). The SMILES string of the molecule is CN(C)C(=O)c1cc(Cc2ccccc2)c(O)c2ccccc12. The van der Waals surface area contributed by atoms with Crippen molar-refractivity contribution in [3.63, 3.8) is 0 Å². The third-order valence-electron chi connectivity index (χ3n) is 3.97. The first-order chi connectivity index (χ1) is 11.1. The summed E-state index contributed by atoms with van der Waals surface area (Å²) >= 11 is 0. The van der Waals surface area contributed by atoms with E-state index in [-0.39, 0.29) is 11.7 Å². The van der Waals surface area contributed by atoms with Gasteiger partial charge in [-0.2, -0.15) is 0 Å². The number of aromatic hydroxyl groups is 1. The maximum atomic E-state index is 12.5. The Bertz CT molecular complexity index is 854. The Balaban J connectivity index is 2.19. The van der Waals surface area contributed by atoms with Crippen molar-refractivity contribution in [1.82, 2.24) is 4.90 Å². The molecule has 0 bridgehead atoms. The topological polar surface area (TPSA) is 40.5 Å². The average Bonchev–Trinajstić information content (AvgIpc) is 2.57. The van der Waals surface area contributed by atoms with Gasteiger partial charge >= 0.3 is 0 Å². The van der Waals surface area contributed by atoms with Crippen molar-refractivity contribution in [2.45, 2.75) is 6.42 Å². The third kappa shape index (κ3) is 2.90. The summed E-state index contributed by atoms with van der Waals surface area (Å²) in [5.41, 5.74) is 2.48. The molecule has 0 spiro atoms. The fraction of sp³-hybridized carbons (Fsp3) is 0.150. The van der Waals surface area contributed by atoms with Gasteiger partial charge in [-0.1, -0.05) is 54.6 Å². The van der Waals surface area contributed by atoms with Crippen molar-refractivity contribution in [3.8, 4) is 5.75 Å². The van der Waals surface area contributed by atoms with Crippen molar-refractivity contribution in [3.05, 3.63) is 77.4 Å². The van der Waals surface area contributed by atoms with Crippen LogP contribution in [0, 0.1) is 0 Å². The second-order valence-corrected chi connectivity index (χ2v) is 5.84. The number of amides is 1. The molecule has 0 aliphatic heterocycles. The molecule has 0 saturated heterocycles. The molecule has 0 saturated carbocycles. The smallest absolute Gasteiger partial charge is 0.253 e. The molecule has 1 amide bonds. The van der Waals surface area contributed by atoms with E-state index in [4.69, 9.17) is 0 Å². The second kappa shape index (κ2) is 6.13. The lowest BCUT2D eigenvalue weighted by atomic mass is 9.95. The van der Waals surface area contributed by atoms with Crippen LogP contribution in [0.2, 0.25) is 0 Å². The van der Waals surface area contributed by atoms with Crippen LogP contribution in [-0.2, 0) is 6.42 Å². The standard InChI is InChI=1S/C20H19NO2/c1-21(2)20(23)18-13-15(12-14-8-4-3-5-9-14)19(22)17-11-7-6-10-16(17)18/h3-11,13,22H,12H2,1-2H3. The van der Waals surface area contributed by atoms with Crippen LogP contribution in [0.15, 0.2) is 60.7 Å². The van der Waals surface area contributed by atoms with Crippen molar-refractivity contribution in [2.24, 2.45) is 0 Å². The van der Waals surface area contributed by atoms with Gasteiger partial charge in [-0.05, 0) is 22.6 Å². The second-order valence-electron chi connectivity index (χ2n) is 5.84. The maximum Gasteiger partial charge on any atom is 0.253 e. The molecule has 0 aliphatic carbocycles. The number of nitrogens with zero attached hydrogens (tertiary/aromatic N) is 1. The molecule has 23 heavy (non-hydrogen) atoms. The van der Waals surface area contributed by atoms with E-state index in [1.165, 1.54) is 0 Å². The zero-order chi connectivity index (χ0) is 16.4. The summed E-state index contributed by atoms with van der Waals surface area (Å²) in [6.45, 7) is 0. The number of phenolic OH excluding ortho intramolecular Hbond substituents is 1. The number of benzene rings is 3. The van der Waals surface area contributed by atoms with Gasteiger partial charge in [-0.3, -0.25) is 4.79 Å². The van der Waals surface area contributed by atoms with Gasteiger partial charge in [0.2, 0.25) is 0 Å². The summed E-state index contributed by atoms with van der Waals surface area (Å²) in [5.74, 6) is 0.190. The molecule has 1 N–H and O–H groups in total. The normalized spacial score (nSPS) is 10.7. The molecule has 0 aromatic heterocycles. The van der Waals surface area contributed by atoms with Crippen LogP contribution in [0.4, 0.5) is 0 Å². The van der Waals surface area contributed by atoms with E-state index in [0.717, 1.165) is 16.5 Å². The van der Waals surface area contributed by atoms with E-state index in [9.17, 15) is 9.90 Å². The summed E-state index contributed by atoms with van der Waals surface area (Å²) in [6.07, 6.45) is 0.589. The van der Waals surface area contributed by atoms with E-state index < -0.39 is 0 Å². The van der Waals surface area contributed by atoms with Gasteiger partial charge in [-0.15, -0.1) is 0 Å². The summed E-state index contributed by atoms with van der Waals surface area (Å²) < 4.78 is 0. The van der Waals surface area contributed by atoms with Gasteiger partial charge < -0.3 is 10.0 Å². The Labute approximate surface area is 135 Å². The zero-order valence-corrected chi connectivity index (χ0v) is 13.3. The highest BCUT2D eigenvalue weighted by Crippen LogP contribution is 2.33. The molecule has 3 heteroatoms. The van der Waals surface area contributed by atoms with Gasteiger partial charge in [0.25, 0.3) is 5.91 Å². The first-order valence-corrected chi connectivity index (χ1v) is 7.57. The molecular formula is C20H19NO2. The molecule has 0 heterocycles. The first-order valence-electron chi connectivity index (χ1n) is 7.57. The van der Waals surface area contributed by atoms with E-state index in [2.05, 4.69) is 0 Å². The minimum Gasteiger partial charge on any atom is -0.507 e. The van der Waals surface area contributed by atoms with Crippen LogP contribution in [0.25, 0.3) is 10.8 Å². The average molecular weight is 305 g/mol. The van der Waals surface area contributed by atoms with Crippen molar-refractivity contribution >= 4 is 16.7 Å². The number of phenols is 1. The van der Waals surface area contributed by atoms with Gasteiger partial charge in [-0.25, -0.2) is 0 Å². The lowest BCUT2D eigenvalue weighted by molar-refractivity contribution is 0.0829. The van der Waals surface area contributed by atoms with Gasteiger partial charge in [0.1, 0.15) is 5.75 Å². The molecule has 0 unspecified atom stereocenters. The van der Waals surface area contributed by atoms with Crippen molar-refractivity contribution < 1.29 is 9.90 Å². The Kier molecular flexibility index (Phi) is 4.02. The van der Waals surface area contributed by atoms with Crippen LogP contribution in [0.5, 0.6) is 5.75 Å². The molecule has 0 atom stereocenters. The predicted octanol–water partition coefficient (Wildman–Crippen LogP) is 3.84. The van der Waals surface area contributed by atoms with Gasteiger partial charge in [0, 0.05) is 31.5 Å². The summed E-state index contributed by atoms with van der Waals surface area (Å²) in [5, 5.41) is 12.1. The highest BCUT2D eigenvalue weighted by atomic mass is 16.3. The fourth-order valence-corrected chi connectivity index (χ4v) is 2.79. The maximum absolute atomic E-state index is 12.5. The molecule has 0 aliphatic rings. The minimum atomic E-state index is -0.0597. The molecule has 3 aromatic carbocycles. The number of rotatable bonds is 3. The Morgan fingerprint density at radius 2 is 1.57 bits per heavy atom.